The summed E-state index contributed by atoms with van der Waals surface area (Å²) in [5.41, 5.74) is 0. The smallest absolute Gasteiger partial charge is 0.246 e. The summed E-state index contributed by atoms with van der Waals surface area (Å²) in [6, 6.07) is 0.698. The summed E-state index contributed by atoms with van der Waals surface area (Å²) in [4.78, 5) is 0.278. The van der Waals surface area contributed by atoms with Crippen LogP contribution in [0.15, 0.2) is 17.3 Å². The molecule has 21 heavy (non-hydrogen) atoms. The van der Waals surface area contributed by atoms with Crippen LogP contribution in [0, 0.1) is 0 Å². The normalized spacial score (nSPS) is 17.3. The van der Waals surface area contributed by atoms with E-state index in [2.05, 4.69) is 10.4 Å². The lowest BCUT2D eigenvalue weighted by atomic mass is 10.3. The number of rotatable bonds is 9. The van der Waals surface area contributed by atoms with E-state index in [-0.39, 0.29) is 10.9 Å². The molecule has 1 aliphatic rings. The molecule has 1 aliphatic carbocycles. The maximum Gasteiger partial charge on any atom is 0.246 e. The Morgan fingerprint density at radius 3 is 2.86 bits per heavy atom. The third-order valence-electron chi connectivity index (χ3n) is 4.07. The van der Waals surface area contributed by atoms with Gasteiger partial charge in [0.25, 0.3) is 0 Å². The van der Waals surface area contributed by atoms with Crippen LogP contribution in [0.4, 0.5) is 0 Å². The van der Waals surface area contributed by atoms with E-state index in [1.165, 1.54) is 23.3 Å². The van der Waals surface area contributed by atoms with Crippen molar-refractivity contribution in [3.05, 3.63) is 12.4 Å². The van der Waals surface area contributed by atoms with Crippen LogP contribution in [0.1, 0.15) is 39.5 Å². The first-order chi connectivity index (χ1) is 9.95. The molecular formula is C14H26N4O2S. The second kappa shape index (κ2) is 6.89. The van der Waals surface area contributed by atoms with Gasteiger partial charge in [-0.2, -0.15) is 9.40 Å². The quantitative estimate of drug-likeness (QED) is 0.701. The van der Waals surface area contributed by atoms with Crippen molar-refractivity contribution in [3.8, 4) is 0 Å². The van der Waals surface area contributed by atoms with Crippen molar-refractivity contribution in [1.82, 2.24) is 19.4 Å². The van der Waals surface area contributed by atoms with Gasteiger partial charge in [-0.3, -0.25) is 4.68 Å². The SMILES string of the molecule is CCC(C)N(C)S(=O)(=O)c1cnn(CCCNC2CC2)c1. The Balaban J connectivity index is 1.91. The van der Waals surface area contributed by atoms with E-state index in [1.54, 1.807) is 17.9 Å². The molecule has 1 saturated carbocycles. The Bertz CT molecular complexity index is 551. The molecular weight excluding hydrogens is 288 g/mol. The highest BCUT2D eigenvalue weighted by atomic mass is 32.2. The van der Waals surface area contributed by atoms with Crippen LogP contribution in [0.5, 0.6) is 0 Å². The number of hydrogen-bond acceptors (Lipinski definition) is 4. The Kier molecular flexibility index (Phi) is 5.40. The molecule has 1 fully saturated rings. The molecule has 2 rings (SSSR count). The predicted octanol–water partition coefficient (Wildman–Crippen LogP) is 1.44. The maximum absolute atomic E-state index is 12.4. The molecule has 0 amide bonds. The zero-order chi connectivity index (χ0) is 15.5. The zero-order valence-electron chi connectivity index (χ0n) is 13.1. The highest BCUT2D eigenvalue weighted by Gasteiger charge is 2.25. The summed E-state index contributed by atoms with van der Waals surface area (Å²) in [7, 11) is -1.80. The summed E-state index contributed by atoms with van der Waals surface area (Å²) in [6.07, 6.45) is 7.39. The number of nitrogens with zero attached hydrogens (tertiary/aromatic N) is 3. The molecule has 7 heteroatoms. The molecule has 1 aromatic rings. The lowest BCUT2D eigenvalue weighted by Crippen LogP contribution is -2.34. The Morgan fingerprint density at radius 2 is 2.24 bits per heavy atom. The third kappa shape index (κ3) is 4.28. The van der Waals surface area contributed by atoms with Crippen molar-refractivity contribution < 1.29 is 8.42 Å². The monoisotopic (exact) mass is 314 g/mol. The number of sulfonamides is 1. The number of hydrogen-bond donors (Lipinski definition) is 1. The van der Waals surface area contributed by atoms with Gasteiger partial charge >= 0.3 is 0 Å². The molecule has 6 nitrogen and oxygen atoms in total. The minimum absolute atomic E-state index is 0.0129. The summed E-state index contributed by atoms with van der Waals surface area (Å²) in [5, 5.41) is 7.60. The van der Waals surface area contributed by atoms with Crippen LogP contribution in [0.3, 0.4) is 0 Å². The van der Waals surface area contributed by atoms with E-state index in [0.29, 0.717) is 6.04 Å². The molecule has 120 valence electrons. The highest BCUT2D eigenvalue weighted by Crippen LogP contribution is 2.19. The third-order valence-corrected chi connectivity index (χ3v) is 6.00. The Morgan fingerprint density at radius 1 is 1.52 bits per heavy atom. The van der Waals surface area contributed by atoms with Gasteiger partial charge in [0.2, 0.25) is 10.0 Å². The van der Waals surface area contributed by atoms with Crippen LogP contribution in [-0.4, -0.2) is 48.2 Å². The molecule has 1 N–H and O–H groups in total. The first-order valence-corrected chi connectivity index (χ1v) is 9.13. The fourth-order valence-corrected chi connectivity index (χ4v) is 3.49. The van der Waals surface area contributed by atoms with Gasteiger partial charge in [-0.1, -0.05) is 6.92 Å². The minimum Gasteiger partial charge on any atom is -0.314 e. The molecule has 0 radical (unpaired) electrons. The molecule has 0 aromatic carbocycles. The van der Waals surface area contributed by atoms with Gasteiger partial charge in [-0.25, -0.2) is 8.42 Å². The largest absolute Gasteiger partial charge is 0.314 e. The lowest BCUT2D eigenvalue weighted by Gasteiger charge is -2.22. The molecule has 1 aromatic heterocycles. The van der Waals surface area contributed by atoms with E-state index in [4.69, 9.17) is 0 Å². The predicted molar refractivity (Wildman–Crippen MR) is 82.6 cm³/mol. The van der Waals surface area contributed by atoms with Gasteiger partial charge in [0.1, 0.15) is 4.90 Å². The minimum atomic E-state index is -3.43. The van der Waals surface area contributed by atoms with Crippen LogP contribution in [-0.2, 0) is 16.6 Å². The summed E-state index contributed by atoms with van der Waals surface area (Å²) >= 11 is 0. The van der Waals surface area contributed by atoms with Crippen LogP contribution in [0.2, 0.25) is 0 Å². The lowest BCUT2D eigenvalue weighted by molar-refractivity contribution is 0.380. The average molecular weight is 314 g/mol. The summed E-state index contributed by atoms with van der Waals surface area (Å²) in [6.45, 7) is 5.58. The van der Waals surface area contributed by atoms with Gasteiger partial charge in [0.15, 0.2) is 0 Å². The molecule has 0 saturated heterocycles. The molecule has 1 unspecified atom stereocenters. The first kappa shape index (κ1) is 16.5. The van der Waals surface area contributed by atoms with Gasteiger partial charge < -0.3 is 5.32 Å². The summed E-state index contributed by atoms with van der Waals surface area (Å²) in [5.74, 6) is 0. The summed E-state index contributed by atoms with van der Waals surface area (Å²) < 4.78 is 28.0. The topological polar surface area (TPSA) is 67.2 Å². The molecule has 0 spiro atoms. The van der Waals surface area contributed by atoms with Crippen molar-refractivity contribution >= 4 is 10.0 Å². The van der Waals surface area contributed by atoms with E-state index in [0.717, 1.165) is 25.9 Å². The Hall–Kier alpha value is -0.920. The number of aromatic nitrogens is 2. The second-order valence-corrected chi connectivity index (χ2v) is 7.80. The molecule has 0 bridgehead atoms. The van der Waals surface area contributed by atoms with Crippen LogP contribution >= 0.6 is 0 Å². The average Bonchev–Trinajstić information content (AvgIpc) is 3.17. The van der Waals surface area contributed by atoms with Gasteiger partial charge in [0.05, 0.1) is 6.20 Å². The van der Waals surface area contributed by atoms with E-state index >= 15 is 0 Å². The van der Waals surface area contributed by atoms with Crippen molar-refractivity contribution in [2.24, 2.45) is 0 Å². The van der Waals surface area contributed by atoms with Gasteiger partial charge in [-0.15, -0.1) is 0 Å². The van der Waals surface area contributed by atoms with Crippen molar-refractivity contribution in [2.75, 3.05) is 13.6 Å². The number of nitrogens with one attached hydrogen (secondary N) is 1. The van der Waals surface area contributed by atoms with Gasteiger partial charge in [0, 0.05) is 31.9 Å². The van der Waals surface area contributed by atoms with Crippen molar-refractivity contribution in [3.63, 3.8) is 0 Å². The zero-order valence-corrected chi connectivity index (χ0v) is 13.9. The van der Waals surface area contributed by atoms with Crippen molar-refractivity contribution in [1.29, 1.82) is 0 Å². The fourth-order valence-electron chi connectivity index (χ4n) is 2.10. The second-order valence-electron chi connectivity index (χ2n) is 5.80. The molecule has 1 heterocycles. The standard InChI is InChI=1S/C14H26N4O2S/c1-4-12(2)17(3)21(19,20)14-10-16-18(11-14)9-5-8-15-13-6-7-13/h10-13,15H,4-9H2,1-3H3. The van der Waals surface area contributed by atoms with Crippen LogP contribution in [0.25, 0.3) is 0 Å². The van der Waals surface area contributed by atoms with Gasteiger partial charge in [-0.05, 0) is 39.2 Å². The van der Waals surface area contributed by atoms with E-state index in [1.807, 2.05) is 13.8 Å². The first-order valence-electron chi connectivity index (χ1n) is 7.69. The number of aryl methyl sites for hydroxylation is 1. The fraction of sp³-hybridized carbons (Fsp3) is 0.786. The Labute approximate surface area is 127 Å². The highest BCUT2D eigenvalue weighted by molar-refractivity contribution is 7.89. The molecule has 1 atom stereocenters. The van der Waals surface area contributed by atoms with E-state index in [9.17, 15) is 8.42 Å². The van der Waals surface area contributed by atoms with Crippen molar-refractivity contribution in [2.45, 2.75) is 63.1 Å². The van der Waals surface area contributed by atoms with Crippen LogP contribution < -0.4 is 5.32 Å². The molecule has 0 aliphatic heterocycles. The van der Waals surface area contributed by atoms with E-state index < -0.39 is 10.0 Å². The maximum atomic E-state index is 12.4.